The van der Waals surface area contributed by atoms with Crippen LogP contribution in [0.4, 0.5) is 0 Å². The Morgan fingerprint density at radius 2 is 2.40 bits per heavy atom. The van der Waals surface area contributed by atoms with E-state index in [9.17, 15) is 4.21 Å². The molecule has 0 radical (unpaired) electrons. The van der Waals surface area contributed by atoms with Crippen molar-refractivity contribution in [2.75, 3.05) is 11.5 Å². The van der Waals surface area contributed by atoms with E-state index in [-0.39, 0.29) is 5.92 Å². The first-order valence-electron chi connectivity index (χ1n) is 3.30. The first-order chi connectivity index (χ1) is 4.64. The maximum Gasteiger partial charge on any atom is 0.0396 e. The van der Waals surface area contributed by atoms with Gasteiger partial charge < -0.3 is 0 Å². The summed E-state index contributed by atoms with van der Waals surface area (Å²) in [7, 11) is -1.95. The van der Waals surface area contributed by atoms with Crippen LogP contribution >= 0.6 is 0 Å². The van der Waals surface area contributed by atoms with Gasteiger partial charge in [-0.05, 0) is 24.0 Å². The summed E-state index contributed by atoms with van der Waals surface area (Å²) in [6.07, 6.45) is 7.15. The van der Waals surface area contributed by atoms with Crippen molar-refractivity contribution in [3.63, 3.8) is 0 Å². The van der Waals surface area contributed by atoms with Crippen LogP contribution in [-0.2, 0) is 19.7 Å². The summed E-state index contributed by atoms with van der Waals surface area (Å²) in [6.45, 7) is 0. The number of hydrogen-bond acceptors (Lipinski definition) is 2. The molecule has 1 rings (SSSR count). The minimum Gasteiger partial charge on any atom is -0.257 e. The Morgan fingerprint density at radius 3 is 2.80 bits per heavy atom. The van der Waals surface area contributed by atoms with Crippen LogP contribution in [0, 0.1) is 18.3 Å². The summed E-state index contributed by atoms with van der Waals surface area (Å²) >= 11 is 4.87. The van der Waals surface area contributed by atoms with Crippen molar-refractivity contribution in [1.82, 2.24) is 0 Å². The molecule has 0 amide bonds. The standard InChI is InChI=1S/C7H10OS2/c1-2-7-4-3-5-10(8,9)6-7/h1,7H,3-6H2. The van der Waals surface area contributed by atoms with Crippen molar-refractivity contribution in [1.29, 1.82) is 0 Å². The van der Waals surface area contributed by atoms with E-state index in [0.717, 1.165) is 12.8 Å². The molecule has 0 spiro atoms. The lowest BCUT2D eigenvalue weighted by atomic mass is 10.1. The van der Waals surface area contributed by atoms with Crippen LogP contribution in [0.15, 0.2) is 0 Å². The number of terminal acetylenes is 1. The van der Waals surface area contributed by atoms with E-state index < -0.39 is 8.49 Å². The van der Waals surface area contributed by atoms with Gasteiger partial charge in [-0.1, -0.05) is 0 Å². The highest BCUT2D eigenvalue weighted by Crippen LogP contribution is 2.17. The van der Waals surface area contributed by atoms with E-state index >= 15 is 0 Å². The normalized spacial score (nSPS) is 40.5. The summed E-state index contributed by atoms with van der Waals surface area (Å²) in [6, 6.07) is 0. The highest BCUT2D eigenvalue weighted by atomic mass is 32.8. The Balaban J connectivity index is 2.67. The molecule has 1 heterocycles. The third kappa shape index (κ3) is 1.96. The van der Waals surface area contributed by atoms with E-state index in [1.54, 1.807) is 0 Å². The minimum absolute atomic E-state index is 0.179. The Morgan fingerprint density at radius 1 is 1.70 bits per heavy atom. The number of hydrogen-bond donors (Lipinski definition) is 0. The fraction of sp³-hybridized carbons (Fsp3) is 0.714. The largest absolute Gasteiger partial charge is 0.257 e. The third-order valence-corrected chi connectivity index (χ3v) is 4.43. The highest BCUT2D eigenvalue weighted by Gasteiger charge is 2.19. The molecule has 0 N–H and O–H groups in total. The topological polar surface area (TPSA) is 17.1 Å². The predicted molar refractivity (Wildman–Crippen MR) is 46.8 cm³/mol. The molecule has 10 heavy (non-hydrogen) atoms. The second-order valence-corrected chi connectivity index (χ2v) is 6.67. The molecule has 0 aromatic carbocycles. The molecule has 2 unspecified atom stereocenters. The summed E-state index contributed by atoms with van der Waals surface area (Å²) in [4.78, 5) is 0. The molecule has 56 valence electrons. The molecular weight excluding hydrogens is 164 g/mol. The molecule has 0 aliphatic carbocycles. The van der Waals surface area contributed by atoms with Crippen LogP contribution < -0.4 is 0 Å². The minimum atomic E-state index is -1.95. The van der Waals surface area contributed by atoms with Gasteiger partial charge >= 0.3 is 0 Å². The van der Waals surface area contributed by atoms with Crippen molar-refractivity contribution < 1.29 is 4.21 Å². The van der Waals surface area contributed by atoms with E-state index in [4.69, 9.17) is 17.6 Å². The molecule has 3 heteroatoms. The van der Waals surface area contributed by atoms with Gasteiger partial charge in [-0.2, -0.15) is 0 Å². The van der Waals surface area contributed by atoms with Crippen LogP contribution in [0.2, 0.25) is 0 Å². The first-order valence-corrected chi connectivity index (χ1v) is 6.13. The average Bonchev–Trinajstić information content (AvgIpc) is 1.86. The van der Waals surface area contributed by atoms with Crippen LogP contribution in [0.25, 0.3) is 0 Å². The smallest absolute Gasteiger partial charge is 0.0396 e. The zero-order chi connectivity index (χ0) is 7.61. The van der Waals surface area contributed by atoms with E-state index in [0.29, 0.717) is 11.5 Å². The molecule has 1 aliphatic rings. The lowest BCUT2D eigenvalue weighted by Crippen LogP contribution is -2.22. The molecule has 1 nitrogen and oxygen atoms in total. The van der Waals surface area contributed by atoms with Crippen molar-refractivity contribution >= 4 is 19.7 Å². The lowest BCUT2D eigenvalue weighted by molar-refractivity contribution is 0.608. The molecule has 1 aliphatic heterocycles. The molecule has 1 saturated heterocycles. The molecule has 0 aromatic rings. The van der Waals surface area contributed by atoms with Crippen molar-refractivity contribution in [2.45, 2.75) is 12.8 Å². The molecule has 0 bridgehead atoms. The van der Waals surface area contributed by atoms with Crippen LogP contribution in [-0.4, -0.2) is 15.7 Å². The van der Waals surface area contributed by atoms with Crippen molar-refractivity contribution in [3.8, 4) is 12.3 Å². The Hall–Kier alpha value is -0.0700. The zero-order valence-corrected chi connectivity index (χ0v) is 7.34. The Kier molecular flexibility index (Phi) is 2.32. The van der Waals surface area contributed by atoms with Gasteiger partial charge in [-0.15, -0.1) is 12.3 Å². The predicted octanol–water partition coefficient (Wildman–Crippen LogP) is 0.776. The SMILES string of the molecule is C#CC1CCCS(=O)(=S)C1. The lowest BCUT2D eigenvalue weighted by Gasteiger charge is -2.18. The summed E-state index contributed by atoms with van der Waals surface area (Å²) < 4.78 is 11.3. The maximum atomic E-state index is 11.3. The second kappa shape index (κ2) is 2.89. The molecule has 0 saturated carbocycles. The van der Waals surface area contributed by atoms with Gasteiger partial charge in [0, 0.05) is 25.9 Å². The van der Waals surface area contributed by atoms with Gasteiger partial charge in [-0.3, -0.25) is 4.21 Å². The van der Waals surface area contributed by atoms with Crippen LogP contribution in [0.5, 0.6) is 0 Å². The van der Waals surface area contributed by atoms with E-state index in [1.807, 2.05) is 0 Å². The molecule has 2 atom stereocenters. The molecule has 1 fully saturated rings. The van der Waals surface area contributed by atoms with Gasteiger partial charge in [0.05, 0.1) is 0 Å². The van der Waals surface area contributed by atoms with Gasteiger partial charge in [0.15, 0.2) is 0 Å². The van der Waals surface area contributed by atoms with Crippen molar-refractivity contribution in [2.24, 2.45) is 5.92 Å². The van der Waals surface area contributed by atoms with Gasteiger partial charge in [-0.25, -0.2) is 0 Å². The second-order valence-electron chi connectivity index (χ2n) is 2.62. The molecular formula is C7H10OS2. The quantitative estimate of drug-likeness (QED) is 0.505. The zero-order valence-electron chi connectivity index (χ0n) is 5.71. The average molecular weight is 174 g/mol. The summed E-state index contributed by atoms with van der Waals surface area (Å²) in [5.74, 6) is 4.06. The fourth-order valence-corrected chi connectivity index (χ4v) is 3.65. The first kappa shape index (κ1) is 8.03. The molecule has 0 aromatic heterocycles. The van der Waals surface area contributed by atoms with Crippen LogP contribution in [0.1, 0.15) is 12.8 Å². The van der Waals surface area contributed by atoms with Gasteiger partial charge in [0.2, 0.25) is 0 Å². The summed E-state index contributed by atoms with van der Waals surface area (Å²) in [5, 5.41) is 0. The monoisotopic (exact) mass is 174 g/mol. The van der Waals surface area contributed by atoms with Crippen molar-refractivity contribution in [3.05, 3.63) is 0 Å². The third-order valence-electron chi connectivity index (χ3n) is 1.70. The van der Waals surface area contributed by atoms with E-state index in [1.165, 1.54) is 0 Å². The Bertz CT molecular complexity index is 245. The Labute approximate surface area is 66.9 Å². The van der Waals surface area contributed by atoms with Crippen LogP contribution in [0.3, 0.4) is 0 Å². The summed E-state index contributed by atoms with van der Waals surface area (Å²) in [5.41, 5.74) is 0. The maximum absolute atomic E-state index is 11.3. The fourth-order valence-electron chi connectivity index (χ4n) is 1.15. The highest BCUT2D eigenvalue weighted by molar-refractivity contribution is 8.32. The number of rotatable bonds is 0. The van der Waals surface area contributed by atoms with E-state index in [2.05, 4.69) is 5.92 Å². The van der Waals surface area contributed by atoms with Gasteiger partial charge in [0.1, 0.15) is 0 Å². The van der Waals surface area contributed by atoms with Gasteiger partial charge in [0.25, 0.3) is 0 Å².